The van der Waals surface area contributed by atoms with Crippen LogP contribution in [0.5, 0.6) is 5.75 Å². The Labute approximate surface area is 112 Å². The lowest BCUT2D eigenvalue weighted by Crippen LogP contribution is -2.29. The summed E-state index contributed by atoms with van der Waals surface area (Å²) >= 11 is 0. The van der Waals surface area contributed by atoms with Crippen LogP contribution < -0.4 is 4.74 Å². The van der Waals surface area contributed by atoms with E-state index in [1.165, 1.54) is 5.39 Å². The van der Waals surface area contributed by atoms with Crippen molar-refractivity contribution in [3.8, 4) is 5.75 Å². The lowest BCUT2D eigenvalue weighted by atomic mass is 10.1. The van der Waals surface area contributed by atoms with E-state index in [4.69, 9.17) is 4.74 Å². The number of fused-ring (bicyclic) bond motifs is 1. The maximum atomic E-state index is 11.5. The van der Waals surface area contributed by atoms with E-state index in [0.717, 1.165) is 24.1 Å². The Bertz CT molecular complexity index is 589. The van der Waals surface area contributed by atoms with Crippen molar-refractivity contribution in [3.63, 3.8) is 0 Å². The summed E-state index contributed by atoms with van der Waals surface area (Å²) in [6.07, 6.45) is 1.67. The van der Waals surface area contributed by atoms with Crippen LogP contribution in [0.4, 0.5) is 0 Å². The van der Waals surface area contributed by atoms with Gasteiger partial charge in [0.25, 0.3) is 0 Å². The number of rotatable bonds is 4. The number of hydrogen-bond donors (Lipinski definition) is 0. The van der Waals surface area contributed by atoms with E-state index in [1.807, 2.05) is 29.2 Å². The van der Waals surface area contributed by atoms with Crippen molar-refractivity contribution >= 4 is 16.7 Å². The number of ether oxygens (including phenoxy) is 1. The molecule has 0 aromatic heterocycles. The van der Waals surface area contributed by atoms with Crippen LogP contribution in [0.2, 0.25) is 0 Å². The third-order valence-corrected chi connectivity index (χ3v) is 3.54. The first-order chi connectivity index (χ1) is 9.34. The summed E-state index contributed by atoms with van der Waals surface area (Å²) in [4.78, 5) is 13.4. The van der Waals surface area contributed by atoms with Crippen molar-refractivity contribution in [1.82, 2.24) is 4.90 Å². The molecule has 0 saturated carbocycles. The minimum Gasteiger partial charge on any atom is -0.491 e. The highest BCUT2D eigenvalue weighted by Gasteiger charge is 2.19. The average molecular weight is 255 g/mol. The molecular formula is C16H17NO2. The van der Waals surface area contributed by atoms with E-state index in [1.54, 1.807) is 0 Å². The summed E-state index contributed by atoms with van der Waals surface area (Å²) < 4.78 is 5.84. The van der Waals surface area contributed by atoms with Gasteiger partial charge in [-0.25, -0.2) is 0 Å². The molecule has 2 aromatic carbocycles. The second kappa shape index (κ2) is 5.31. The molecule has 0 unspecified atom stereocenters. The number of likely N-dealkylation sites (tertiary alicyclic amines) is 1. The Morgan fingerprint density at radius 1 is 1.11 bits per heavy atom. The van der Waals surface area contributed by atoms with Crippen molar-refractivity contribution in [3.05, 3.63) is 42.5 Å². The zero-order valence-corrected chi connectivity index (χ0v) is 10.8. The van der Waals surface area contributed by atoms with Crippen molar-refractivity contribution in [2.45, 2.75) is 12.8 Å². The molecule has 19 heavy (non-hydrogen) atoms. The highest BCUT2D eigenvalue weighted by atomic mass is 16.5. The summed E-state index contributed by atoms with van der Waals surface area (Å²) in [6, 6.07) is 14.2. The first kappa shape index (κ1) is 12.0. The normalized spacial score (nSPS) is 15.2. The van der Waals surface area contributed by atoms with Gasteiger partial charge in [-0.3, -0.25) is 4.79 Å². The molecule has 3 heteroatoms. The summed E-state index contributed by atoms with van der Waals surface area (Å²) in [5, 5.41) is 2.30. The maximum Gasteiger partial charge on any atom is 0.222 e. The number of carbonyl (C=O) groups is 1. The molecule has 0 spiro atoms. The molecule has 0 aliphatic carbocycles. The Kier molecular flexibility index (Phi) is 3.36. The number of hydrogen-bond acceptors (Lipinski definition) is 2. The van der Waals surface area contributed by atoms with Gasteiger partial charge in [0.15, 0.2) is 0 Å². The standard InChI is InChI=1S/C16H17NO2/c18-16-9-4-10-17(16)11-12-19-15-8-3-6-13-5-1-2-7-14(13)15/h1-3,5-8H,4,9-12H2. The topological polar surface area (TPSA) is 29.5 Å². The number of carbonyl (C=O) groups excluding carboxylic acids is 1. The minimum atomic E-state index is 0.251. The third kappa shape index (κ3) is 2.55. The Hall–Kier alpha value is -2.03. The largest absolute Gasteiger partial charge is 0.491 e. The Balaban J connectivity index is 1.67. The van der Waals surface area contributed by atoms with E-state index < -0.39 is 0 Å². The van der Waals surface area contributed by atoms with Crippen molar-refractivity contribution in [2.24, 2.45) is 0 Å². The molecule has 1 aliphatic rings. The van der Waals surface area contributed by atoms with Gasteiger partial charge in [0.1, 0.15) is 12.4 Å². The Morgan fingerprint density at radius 2 is 1.95 bits per heavy atom. The molecule has 3 nitrogen and oxygen atoms in total. The molecule has 1 amide bonds. The van der Waals surface area contributed by atoms with Crippen LogP contribution in [0.3, 0.4) is 0 Å². The zero-order chi connectivity index (χ0) is 13.1. The molecular weight excluding hydrogens is 238 g/mol. The smallest absolute Gasteiger partial charge is 0.222 e. The number of benzene rings is 2. The molecule has 1 heterocycles. The monoisotopic (exact) mass is 255 g/mol. The van der Waals surface area contributed by atoms with Crippen LogP contribution in [0.15, 0.2) is 42.5 Å². The predicted octanol–water partition coefficient (Wildman–Crippen LogP) is 2.84. The van der Waals surface area contributed by atoms with Crippen LogP contribution in [0.1, 0.15) is 12.8 Å². The highest BCUT2D eigenvalue weighted by molar-refractivity contribution is 5.88. The van der Waals surface area contributed by atoms with E-state index in [-0.39, 0.29) is 5.91 Å². The second-order valence-corrected chi connectivity index (χ2v) is 4.81. The Morgan fingerprint density at radius 3 is 2.79 bits per heavy atom. The van der Waals surface area contributed by atoms with Crippen LogP contribution in [-0.4, -0.2) is 30.5 Å². The minimum absolute atomic E-state index is 0.251. The van der Waals surface area contributed by atoms with Crippen molar-refractivity contribution in [2.75, 3.05) is 19.7 Å². The summed E-state index contributed by atoms with van der Waals surface area (Å²) in [5.41, 5.74) is 0. The number of nitrogens with zero attached hydrogens (tertiary/aromatic N) is 1. The molecule has 2 aromatic rings. The second-order valence-electron chi connectivity index (χ2n) is 4.81. The molecule has 0 N–H and O–H groups in total. The fraction of sp³-hybridized carbons (Fsp3) is 0.312. The van der Waals surface area contributed by atoms with Gasteiger partial charge in [-0.2, -0.15) is 0 Å². The van der Waals surface area contributed by atoms with Gasteiger partial charge < -0.3 is 9.64 Å². The number of amides is 1. The van der Waals surface area contributed by atoms with Gasteiger partial charge in [-0.1, -0.05) is 36.4 Å². The van der Waals surface area contributed by atoms with Gasteiger partial charge in [0, 0.05) is 18.4 Å². The quantitative estimate of drug-likeness (QED) is 0.840. The molecule has 1 saturated heterocycles. The van der Waals surface area contributed by atoms with Crippen LogP contribution in [-0.2, 0) is 4.79 Å². The zero-order valence-electron chi connectivity index (χ0n) is 10.8. The van der Waals surface area contributed by atoms with E-state index in [9.17, 15) is 4.79 Å². The lowest BCUT2D eigenvalue weighted by molar-refractivity contribution is -0.128. The molecule has 1 fully saturated rings. The summed E-state index contributed by atoms with van der Waals surface area (Å²) in [5.74, 6) is 1.14. The third-order valence-electron chi connectivity index (χ3n) is 3.54. The van der Waals surface area contributed by atoms with Crippen LogP contribution >= 0.6 is 0 Å². The fourth-order valence-electron chi connectivity index (χ4n) is 2.53. The first-order valence-corrected chi connectivity index (χ1v) is 6.73. The van der Waals surface area contributed by atoms with Gasteiger partial charge in [0.2, 0.25) is 5.91 Å². The first-order valence-electron chi connectivity index (χ1n) is 6.73. The molecule has 0 atom stereocenters. The van der Waals surface area contributed by atoms with E-state index in [0.29, 0.717) is 19.6 Å². The molecule has 98 valence electrons. The van der Waals surface area contributed by atoms with Crippen LogP contribution in [0.25, 0.3) is 10.8 Å². The summed E-state index contributed by atoms with van der Waals surface area (Å²) in [6.45, 7) is 2.11. The lowest BCUT2D eigenvalue weighted by Gasteiger charge is -2.16. The highest BCUT2D eigenvalue weighted by Crippen LogP contribution is 2.25. The van der Waals surface area contributed by atoms with Gasteiger partial charge in [0.05, 0.1) is 6.54 Å². The van der Waals surface area contributed by atoms with Gasteiger partial charge >= 0.3 is 0 Å². The van der Waals surface area contributed by atoms with Crippen LogP contribution in [0, 0.1) is 0 Å². The van der Waals surface area contributed by atoms with Crippen molar-refractivity contribution < 1.29 is 9.53 Å². The molecule has 1 aliphatic heterocycles. The molecule has 0 bridgehead atoms. The van der Waals surface area contributed by atoms with E-state index >= 15 is 0 Å². The summed E-state index contributed by atoms with van der Waals surface area (Å²) in [7, 11) is 0. The van der Waals surface area contributed by atoms with Gasteiger partial charge in [-0.05, 0) is 17.9 Å². The maximum absolute atomic E-state index is 11.5. The molecule has 3 rings (SSSR count). The SMILES string of the molecule is O=C1CCCN1CCOc1cccc2ccccc12. The van der Waals surface area contributed by atoms with E-state index in [2.05, 4.69) is 18.2 Å². The average Bonchev–Trinajstić information content (AvgIpc) is 2.85. The van der Waals surface area contributed by atoms with Gasteiger partial charge in [-0.15, -0.1) is 0 Å². The molecule has 0 radical (unpaired) electrons. The predicted molar refractivity (Wildman–Crippen MR) is 75.3 cm³/mol. The fourth-order valence-corrected chi connectivity index (χ4v) is 2.53. The van der Waals surface area contributed by atoms with Crippen molar-refractivity contribution in [1.29, 1.82) is 0 Å².